The highest BCUT2D eigenvalue weighted by molar-refractivity contribution is 6.31. The summed E-state index contributed by atoms with van der Waals surface area (Å²) < 4.78 is 20.7. The molecule has 2 aliphatic carbocycles. The smallest absolute Gasteiger partial charge is 0.269 e. The predicted octanol–water partition coefficient (Wildman–Crippen LogP) is 10.3. The van der Waals surface area contributed by atoms with Gasteiger partial charge in [0.2, 0.25) is 5.88 Å². The summed E-state index contributed by atoms with van der Waals surface area (Å²) in [5.74, 6) is 0.945. The van der Waals surface area contributed by atoms with Gasteiger partial charge in [0.1, 0.15) is 5.75 Å². The maximum Gasteiger partial charge on any atom is 0.269 e. The molecule has 3 N–H and O–H groups in total. The first-order valence-corrected chi connectivity index (χ1v) is 28.9. The van der Waals surface area contributed by atoms with Gasteiger partial charge in [0.25, 0.3) is 17.4 Å². The SMILES string of the molecule is CCN(c1cc(Cl)cc(C(=O)NCc2c(OC)nn(CCCN(CCOC)C3CCC(N(CC)c4cc(Cl)cc(C(=O)NCc5c(C)n(CC)[nH]c5=O)c4C)CC3)c2C)c1C)C1CCC(N(C)Cc2cccc(OC)c2)CC1. The molecule has 0 radical (unpaired) electrons. The van der Waals surface area contributed by atoms with Crippen LogP contribution in [0, 0.1) is 27.7 Å². The van der Waals surface area contributed by atoms with Gasteiger partial charge in [-0.1, -0.05) is 35.3 Å². The normalized spacial score (nSPS) is 17.6. The van der Waals surface area contributed by atoms with Crippen molar-refractivity contribution in [2.45, 2.75) is 163 Å². The molecule has 2 amide bonds. The monoisotopic (exact) mass is 1110 g/mol. The van der Waals surface area contributed by atoms with Crippen LogP contribution < -0.4 is 35.5 Å². The summed E-state index contributed by atoms with van der Waals surface area (Å²) in [5, 5.41) is 14.9. The summed E-state index contributed by atoms with van der Waals surface area (Å²) in [4.78, 5) is 50.3. The van der Waals surface area contributed by atoms with Crippen molar-refractivity contribution >= 4 is 46.4 Å². The first-order valence-electron chi connectivity index (χ1n) is 28.2. The molecule has 2 aliphatic rings. The van der Waals surface area contributed by atoms with Crippen molar-refractivity contribution in [3.8, 4) is 11.6 Å². The van der Waals surface area contributed by atoms with E-state index in [-0.39, 0.29) is 36.5 Å². The van der Waals surface area contributed by atoms with Crippen LogP contribution in [0.2, 0.25) is 10.0 Å². The number of anilines is 2. The Morgan fingerprint density at radius 1 is 0.718 bits per heavy atom. The fourth-order valence-corrected chi connectivity index (χ4v) is 12.7. The van der Waals surface area contributed by atoms with Gasteiger partial charge in [0, 0.05) is 121 Å². The van der Waals surface area contributed by atoms with Crippen LogP contribution in [-0.2, 0) is 37.5 Å². The van der Waals surface area contributed by atoms with E-state index in [0.717, 1.165) is 136 Å². The summed E-state index contributed by atoms with van der Waals surface area (Å²) >= 11 is 13.6. The molecular weight excluding hydrogens is 1030 g/mol. The molecule has 426 valence electrons. The number of carbonyl (C=O) groups excluding carboxylic acids is 2. The number of amides is 2. The molecule has 78 heavy (non-hydrogen) atoms. The molecule has 0 saturated heterocycles. The zero-order valence-electron chi connectivity index (χ0n) is 48.2. The van der Waals surface area contributed by atoms with Gasteiger partial charge in [0.05, 0.1) is 45.0 Å². The van der Waals surface area contributed by atoms with Gasteiger partial charge in [-0.05, 0) is 166 Å². The predicted molar refractivity (Wildman–Crippen MR) is 314 cm³/mol. The molecule has 2 heterocycles. The van der Waals surface area contributed by atoms with Crippen LogP contribution in [0.15, 0.2) is 53.3 Å². The molecule has 0 aliphatic heterocycles. The Labute approximate surface area is 473 Å². The molecule has 0 unspecified atom stereocenters. The van der Waals surface area contributed by atoms with E-state index in [1.807, 2.05) is 57.5 Å². The van der Waals surface area contributed by atoms with Crippen LogP contribution in [0.5, 0.6) is 11.6 Å². The minimum atomic E-state index is -0.258. The molecule has 7 rings (SSSR count). The van der Waals surface area contributed by atoms with Gasteiger partial charge < -0.3 is 34.6 Å². The Kier molecular flexibility index (Phi) is 21.6. The summed E-state index contributed by atoms with van der Waals surface area (Å²) in [6.45, 7) is 20.8. The third-order valence-corrected chi connectivity index (χ3v) is 17.2. The van der Waals surface area contributed by atoms with Crippen LogP contribution in [0.4, 0.5) is 11.4 Å². The number of hydrogen-bond acceptors (Lipinski definition) is 11. The second-order valence-electron chi connectivity index (χ2n) is 21.3. The Morgan fingerprint density at radius 2 is 1.27 bits per heavy atom. The van der Waals surface area contributed by atoms with Crippen molar-refractivity contribution in [2.24, 2.45) is 0 Å². The lowest BCUT2D eigenvalue weighted by atomic mass is 9.88. The van der Waals surface area contributed by atoms with Crippen molar-refractivity contribution < 1.29 is 23.8 Å². The zero-order chi connectivity index (χ0) is 56.2. The number of aromatic amines is 1. The lowest BCUT2D eigenvalue weighted by Gasteiger charge is -2.42. The molecule has 2 fully saturated rings. The number of aryl methyl sites for hydroxylation is 2. The summed E-state index contributed by atoms with van der Waals surface area (Å²) in [5.41, 5.74) is 9.07. The topological polar surface area (TPSA) is 154 Å². The summed E-state index contributed by atoms with van der Waals surface area (Å²) in [6.07, 6.45) is 9.21. The first kappa shape index (κ1) is 60.1. The average Bonchev–Trinajstić information content (AvgIpc) is 3.94. The Hall–Kier alpha value is -5.52. The second kappa shape index (κ2) is 28.1. The minimum absolute atomic E-state index is 0.130. The second-order valence-corrected chi connectivity index (χ2v) is 22.1. The fraction of sp³-hybridized carbons (Fsp3) is 0.567. The van der Waals surface area contributed by atoms with Gasteiger partial charge >= 0.3 is 0 Å². The van der Waals surface area contributed by atoms with E-state index in [9.17, 15) is 14.4 Å². The molecular formula is C60H86Cl2N10O6. The van der Waals surface area contributed by atoms with E-state index >= 15 is 0 Å². The number of rotatable bonds is 26. The van der Waals surface area contributed by atoms with Crippen molar-refractivity contribution in [1.29, 1.82) is 0 Å². The van der Waals surface area contributed by atoms with Gasteiger partial charge in [-0.15, -0.1) is 5.10 Å². The van der Waals surface area contributed by atoms with Gasteiger partial charge in [-0.25, -0.2) is 0 Å². The third-order valence-electron chi connectivity index (χ3n) is 16.8. The fourth-order valence-electron chi connectivity index (χ4n) is 12.3. The number of halogens is 2. The highest BCUT2D eigenvalue weighted by atomic mass is 35.5. The molecule has 5 aromatic rings. The number of H-pyrrole nitrogens is 1. The quantitative estimate of drug-likeness (QED) is 0.0485. The lowest BCUT2D eigenvalue weighted by molar-refractivity contribution is 0.0942. The van der Waals surface area contributed by atoms with Gasteiger partial charge in [-0.2, -0.15) is 0 Å². The van der Waals surface area contributed by atoms with E-state index in [1.54, 1.807) is 38.1 Å². The maximum absolute atomic E-state index is 14.1. The van der Waals surface area contributed by atoms with Crippen molar-refractivity contribution in [3.05, 3.63) is 119 Å². The molecule has 3 aromatic carbocycles. The molecule has 2 saturated carbocycles. The van der Waals surface area contributed by atoms with Crippen LogP contribution in [-0.4, -0.2) is 127 Å². The summed E-state index contributed by atoms with van der Waals surface area (Å²) in [7, 11) is 7.31. The van der Waals surface area contributed by atoms with E-state index in [0.29, 0.717) is 70.4 Å². The standard InChI is InChI=1S/C60H86Cl2N10O6/c1-12-69(48-23-19-46(20-24-48)67(8)38-43-17-15-18-50(31-43)77-10)55-34-45(62)33-52(40(55)5)58(74)64-37-54-42(7)72(66-60(54)78-11)28-16-27-68(29-30-76-9)47-21-25-49(26-22-47)70(13-2)56-35-44(61)32-51(39(56)4)57(73)63-36-53-41(6)71(14-3)65-59(53)75/h15,17-18,31-35,46-49H,12-14,16,19-30,36-38H2,1-11H3,(H,63,73)(H,64,74)(H,65,75). The Bertz CT molecular complexity index is 2870. The molecule has 18 heteroatoms. The van der Waals surface area contributed by atoms with Crippen molar-refractivity contribution in [1.82, 2.24) is 40.0 Å². The van der Waals surface area contributed by atoms with E-state index in [2.05, 4.69) is 74.4 Å². The van der Waals surface area contributed by atoms with Crippen LogP contribution in [0.1, 0.15) is 138 Å². The summed E-state index contributed by atoms with van der Waals surface area (Å²) in [6, 6.07) is 17.3. The Morgan fingerprint density at radius 3 is 1.78 bits per heavy atom. The number of nitrogens with one attached hydrogen (secondary N) is 3. The zero-order valence-corrected chi connectivity index (χ0v) is 49.7. The van der Waals surface area contributed by atoms with Gasteiger partial charge in [-0.3, -0.25) is 38.6 Å². The average molecular weight is 1110 g/mol. The number of ether oxygens (including phenoxy) is 3. The molecule has 16 nitrogen and oxygen atoms in total. The van der Waals surface area contributed by atoms with Crippen LogP contribution >= 0.6 is 23.2 Å². The molecule has 2 aromatic heterocycles. The van der Waals surface area contributed by atoms with Crippen molar-refractivity contribution in [3.63, 3.8) is 0 Å². The van der Waals surface area contributed by atoms with E-state index < -0.39 is 0 Å². The van der Waals surface area contributed by atoms with E-state index in [1.165, 1.54) is 5.56 Å². The Balaban J connectivity index is 0.933. The number of benzene rings is 3. The minimum Gasteiger partial charge on any atom is -0.497 e. The highest BCUT2D eigenvalue weighted by Crippen LogP contribution is 2.37. The van der Waals surface area contributed by atoms with Crippen LogP contribution in [0.3, 0.4) is 0 Å². The lowest BCUT2D eigenvalue weighted by Crippen LogP contribution is -2.46. The van der Waals surface area contributed by atoms with Crippen molar-refractivity contribution in [2.75, 3.05) is 71.0 Å². The van der Waals surface area contributed by atoms with E-state index in [4.69, 9.17) is 42.5 Å². The first-order chi connectivity index (χ1) is 37.5. The number of aromatic nitrogens is 4. The molecule has 0 spiro atoms. The van der Waals surface area contributed by atoms with Gasteiger partial charge in [0.15, 0.2) is 0 Å². The largest absolute Gasteiger partial charge is 0.497 e. The molecule has 0 bridgehead atoms. The van der Waals surface area contributed by atoms with Crippen LogP contribution in [0.25, 0.3) is 0 Å². The number of methoxy groups -OCH3 is 3. The number of hydrogen-bond donors (Lipinski definition) is 3. The third kappa shape index (κ3) is 14.3. The number of carbonyl (C=O) groups is 2. The maximum atomic E-state index is 14.1. The highest BCUT2D eigenvalue weighted by Gasteiger charge is 2.32. The number of nitrogens with zero attached hydrogens (tertiary/aromatic N) is 7. The molecule has 0 atom stereocenters.